The Balaban J connectivity index is 1.85. The van der Waals surface area contributed by atoms with Gasteiger partial charge in [-0.1, -0.05) is 6.07 Å². The minimum atomic E-state index is 0.111. The Morgan fingerprint density at radius 2 is 2.32 bits per heavy atom. The number of carbonyl (C=O) groups is 1. The molecule has 0 aliphatic carbocycles. The zero-order chi connectivity index (χ0) is 13.7. The molecule has 2 N–H and O–H groups in total. The van der Waals surface area contributed by atoms with Gasteiger partial charge in [-0.05, 0) is 43.9 Å². The molecule has 0 saturated carbocycles. The highest BCUT2D eigenvalue weighted by Gasteiger charge is 2.17. The molecule has 1 fully saturated rings. The molecule has 0 spiro atoms. The van der Waals surface area contributed by atoms with E-state index in [9.17, 15) is 4.79 Å². The van der Waals surface area contributed by atoms with Crippen LogP contribution in [0.3, 0.4) is 0 Å². The van der Waals surface area contributed by atoms with Gasteiger partial charge in [0.2, 0.25) is 5.91 Å². The second-order valence-electron chi connectivity index (χ2n) is 5.07. The summed E-state index contributed by atoms with van der Waals surface area (Å²) in [5.74, 6) is 0.111. The monoisotopic (exact) mass is 262 g/mol. The molecule has 2 rings (SSSR count). The Bertz CT molecular complexity index is 428. The molecule has 1 aromatic carbocycles. The van der Waals surface area contributed by atoms with Gasteiger partial charge in [0.15, 0.2) is 0 Å². The predicted octanol–water partition coefficient (Wildman–Crippen LogP) is 2.58. The number of anilines is 2. The lowest BCUT2D eigenvalue weighted by Gasteiger charge is -2.23. The molecule has 0 aromatic heterocycles. The van der Waals surface area contributed by atoms with Crippen molar-refractivity contribution in [2.75, 3.05) is 24.3 Å². The first-order valence-electron chi connectivity index (χ1n) is 6.90. The van der Waals surface area contributed by atoms with Crippen LogP contribution in [0, 0.1) is 0 Å². The van der Waals surface area contributed by atoms with Crippen LogP contribution in [0.4, 0.5) is 11.4 Å². The van der Waals surface area contributed by atoms with E-state index >= 15 is 0 Å². The van der Waals surface area contributed by atoms with Gasteiger partial charge in [0.05, 0.1) is 6.10 Å². The molecule has 4 heteroatoms. The summed E-state index contributed by atoms with van der Waals surface area (Å²) in [7, 11) is 1.79. The summed E-state index contributed by atoms with van der Waals surface area (Å²) in [6.45, 7) is 0.837. The van der Waals surface area contributed by atoms with Gasteiger partial charge >= 0.3 is 0 Å². The maximum absolute atomic E-state index is 12.1. The quantitative estimate of drug-likeness (QED) is 0.848. The van der Waals surface area contributed by atoms with E-state index in [0.717, 1.165) is 31.6 Å². The van der Waals surface area contributed by atoms with Gasteiger partial charge in [0.25, 0.3) is 0 Å². The predicted molar refractivity (Wildman–Crippen MR) is 77.1 cm³/mol. The highest BCUT2D eigenvalue weighted by molar-refractivity contribution is 5.93. The lowest BCUT2D eigenvalue weighted by atomic mass is 10.0. The third-order valence-corrected chi connectivity index (χ3v) is 3.59. The molecule has 104 valence electrons. The summed E-state index contributed by atoms with van der Waals surface area (Å²) < 4.78 is 5.64. The van der Waals surface area contributed by atoms with E-state index in [1.807, 2.05) is 24.3 Å². The van der Waals surface area contributed by atoms with Crippen molar-refractivity contribution in [1.82, 2.24) is 0 Å². The summed E-state index contributed by atoms with van der Waals surface area (Å²) in [5, 5.41) is 0. The maximum Gasteiger partial charge on any atom is 0.226 e. The van der Waals surface area contributed by atoms with Gasteiger partial charge in [-0.3, -0.25) is 4.79 Å². The van der Waals surface area contributed by atoms with Crippen LogP contribution in [0.2, 0.25) is 0 Å². The highest BCUT2D eigenvalue weighted by Crippen LogP contribution is 2.20. The van der Waals surface area contributed by atoms with E-state index in [1.165, 1.54) is 6.42 Å². The smallest absolute Gasteiger partial charge is 0.226 e. The van der Waals surface area contributed by atoms with Crippen LogP contribution in [-0.4, -0.2) is 25.7 Å². The van der Waals surface area contributed by atoms with Crippen molar-refractivity contribution in [2.45, 2.75) is 38.2 Å². The molecule has 1 aliphatic rings. The van der Waals surface area contributed by atoms with E-state index in [0.29, 0.717) is 12.1 Å². The number of carbonyl (C=O) groups excluding carboxylic acids is 1. The summed E-state index contributed by atoms with van der Waals surface area (Å²) in [4.78, 5) is 13.8. The Kier molecular flexibility index (Phi) is 4.80. The highest BCUT2D eigenvalue weighted by atomic mass is 16.5. The molecular formula is C15H22N2O2. The van der Waals surface area contributed by atoms with Gasteiger partial charge < -0.3 is 15.4 Å². The van der Waals surface area contributed by atoms with E-state index in [1.54, 1.807) is 11.9 Å². The van der Waals surface area contributed by atoms with Crippen LogP contribution in [-0.2, 0) is 9.53 Å². The zero-order valence-corrected chi connectivity index (χ0v) is 11.5. The average Bonchev–Trinajstić information content (AvgIpc) is 2.45. The van der Waals surface area contributed by atoms with Crippen LogP contribution < -0.4 is 10.6 Å². The topological polar surface area (TPSA) is 55.6 Å². The van der Waals surface area contributed by atoms with Crippen LogP contribution in [0.5, 0.6) is 0 Å². The van der Waals surface area contributed by atoms with Gasteiger partial charge in [0, 0.05) is 31.5 Å². The Hall–Kier alpha value is -1.55. The lowest BCUT2D eigenvalue weighted by molar-refractivity contribution is -0.119. The molecule has 4 nitrogen and oxygen atoms in total. The minimum absolute atomic E-state index is 0.111. The molecule has 1 atom stereocenters. The number of nitrogens with two attached hydrogens (primary N) is 1. The van der Waals surface area contributed by atoms with Crippen LogP contribution in [0.25, 0.3) is 0 Å². The molecule has 1 unspecified atom stereocenters. The third kappa shape index (κ3) is 3.96. The largest absolute Gasteiger partial charge is 0.399 e. The van der Waals surface area contributed by atoms with E-state index in [2.05, 4.69) is 0 Å². The number of rotatable bonds is 4. The normalized spacial score (nSPS) is 19.1. The Morgan fingerprint density at radius 3 is 3.00 bits per heavy atom. The number of amides is 1. The maximum atomic E-state index is 12.1. The fraction of sp³-hybridized carbons (Fsp3) is 0.533. The van der Waals surface area contributed by atoms with E-state index in [-0.39, 0.29) is 12.0 Å². The average molecular weight is 262 g/mol. The van der Waals surface area contributed by atoms with E-state index in [4.69, 9.17) is 10.5 Å². The summed E-state index contributed by atoms with van der Waals surface area (Å²) >= 11 is 0. The van der Waals surface area contributed by atoms with Crippen LogP contribution in [0.15, 0.2) is 24.3 Å². The van der Waals surface area contributed by atoms with Crippen molar-refractivity contribution < 1.29 is 9.53 Å². The molecule has 1 amide bonds. The molecule has 1 aromatic rings. The molecule has 0 bridgehead atoms. The molecule has 19 heavy (non-hydrogen) atoms. The fourth-order valence-corrected chi connectivity index (χ4v) is 2.36. The van der Waals surface area contributed by atoms with Gasteiger partial charge in [-0.25, -0.2) is 0 Å². The summed E-state index contributed by atoms with van der Waals surface area (Å²) in [6.07, 6.45) is 5.03. The Labute approximate surface area is 114 Å². The number of ether oxygens (including phenoxy) is 1. The molecule has 1 aliphatic heterocycles. The van der Waals surface area contributed by atoms with Gasteiger partial charge in [-0.15, -0.1) is 0 Å². The molecule has 1 saturated heterocycles. The van der Waals surface area contributed by atoms with Crippen LogP contribution >= 0.6 is 0 Å². The third-order valence-electron chi connectivity index (χ3n) is 3.59. The van der Waals surface area contributed by atoms with Crippen molar-refractivity contribution in [3.63, 3.8) is 0 Å². The van der Waals surface area contributed by atoms with Gasteiger partial charge in [0.1, 0.15) is 0 Å². The first-order valence-corrected chi connectivity index (χ1v) is 6.90. The standard InChI is InChI=1S/C15H22N2O2/c1-17(13-6-4-5-12(16)11-13)15(18)9-8-14-7-2-3-10-19-14/h4-6,11,14H,2-3,7-10,16H2,1H3. The summed E-state index contributed by atoms with van der Waals surface area (Å²) in [6, 6.07) is 7.39. The second kappa shape index (κ2) is 6.57. The minimum Gasteiger partial charge on any atom is -0.399 e. The van der Waals surface area contributed by atoms with Gasteiger partial charge in [-0.2, -0.15) is 0 Å². The van der Waals surface area contributed by atoms with Crippen molar-refractivity contribution in [1.29, 1.82) is 0 Å². The number of nitrogen functional groups attached to an aromatic ring is 1. The molecular weight excluding hydrogens is 240 g/mol. The number of hydrogen-bond acceptors (Lipinski definition) is 3. The fourth-order valence-electron chi connectivity index (χ4n) is 2.36. The SMILES string of the molecule is CN(C(=O)CCC1CCCCO1)c1cccc(N)c1. The number of nitrogens with zero attached hydrogens (tertiary/aromatic N) is 1. The molecule has 1 heterocycles. The first kappa shape index (κ1) is 13.9. The van der Waals surface area contributed by atoms with Crippen molar-refractivity contribution in [3.8, 4) is 0 Å². The van der Waals surface area contributed by atoms with Crippen molar-refractivity contribution in [3.05, 3.63) is 24.3 Å². The van der Waals surface area contributed by atoms with Crippen molar-refractivity contribution >= 4 is 17.3 Å². The lowest BCUT2D eigenvalue weighted by Crippen LogP contribution is -2.28. The van der Waals surface area contributed by atoms with Crippen molar-refractivity contribution in [2.24, 2.45) is 0 Å². The summed E-state index contributed by atoms with van der Waals surface area (Å²) in [5.41, 5.74) is 7.25. The Morgan fingerprint density at radius 1 is 1.47 bits per heavy atom. The number of benzene rings is 1. The molecule has 0 radical (unpaired) electrons. The van der Waals surface area contributed by atoms with E-state index < -0.39 is 0 Å². The first-order chi connectivity index (χ1) is 9.16. The van der Waals surface area contributed by atoms with Crippen LogP contribution in [0.1, 0.15) is 32.1 Å². The zero-order valence-electron chi connectivity index (χ0n) is 11.5. The second-order valence-corrected chi connectivity index (χ2v) is 5.07. The number of hydrogen-bond donors (Lipinski definition) is 1.